The highest BCUT2D eigenvalue weighted by Crippen LogP contribution is 2.80. The first-order chi connectivity index (χ1) is 30.4. The Morgan fingerprint density at radius 3 is 2.11 bits per heavy atom. The Morgan fingerprint density at radius 1 is 0.769 bits per heavy atom. The highest BCUT2D eigenvalue weighted by molar-refractivity contribution is 5.26. The van der Waals surface area contributed by atoms with Crippen LogP contribution in [0.4, 0.5) is 0 Å². The average Bonchev–Trinajstić information content (AvgIpc) is 3.77. The largest absolute Gasteiger partial charge is 0.394 e. The molecule has 2 spiro atoms. The molecule has 5 aliphatic heterocycles. The van der Waals surface area contributed by atoms with Gasteiger partial charge in [0.1, 0.15) is 67.1 Å². The lowest BCUT2D eigenvalue weighted by molar-refractivity contribution is -0.388. The van der Waals surface area contributed by atoms with Gasteiger partial charge in [-0.3, -0.25) is 0 Å². The van der Waals surface area contributed by atoms with Crippen LogP contribution in [0.15, 0.2) is 12.2 Å². The van der Waals surface area contributed by atoms with E-state index in [-0.39, 0.29) is 40.6 Å². The summed E-state index contributed by atoms with van der Waals surface area (Å²) >= 11 is 0. The fourth-order valence-corrected chi connectivity index (χ4v) is 15.8. The van der Waals surface area contributed by atoms with Gasteiger partial charge in [-0.05, 0) is 98.9 Å². The standard InChI is InChI=1S/C47H76O18/c1-20(2)29(50)24-15-45(8,57)38-22-9-10-27-43(6)13-12-28(42(4,5)26(43)11-14-44(27,7)46(22)18-47(38,65-24)59-19-46)62-41-37(64-39-34(55)32(53)30(51)21(3)60-39)36(23(49)17-58-41)63-40-35(56)33(54)31(52)25(16-48)61-40/h21-41,48-57H,1,9-19H2,2-8H3. The molecule has 5 saturated heterocycles. The number of fused-ring (bicyclic) bond motifs is 4. The van der Waals surface area contributed by atoms with E-state index in [0.717, 1.165) is 32.1 Å². The summed E-state index contributed by atoms with van der Waals surface area (Å²) in [6, 6.07) is 0. The van der Waals surface area contributed by atoms with Gasteiger partial charge in [0.25, 0.3) is 0 Å². The summed E-state index contributed by atoms with van der Waals surface area (Å²) in [4.78, 5) is 0. The molecule has 372 valence electrons. The molecule has 4 saturated carbocycles. The Bertz CT molecular complexity index is 1770. The summed E-state index contributed by atoms with van der Waals surface area (Å²) in [6.07, 6.45) is -16.9. The van der Waals surface area contributed by atoms with Gasteiger partial charge in [0.2, 0.25) is 0 Å². The number of aliphatic hydroxyl groups excluding tert-OH is 9. The lowest BCUT2D eigenvalue weighted by atomic mass is 9.35. The zero-order valence-electron chi connectivity index (χ0n) is 38.8. The molecule has 2 bridgehead atoms. The van der Waals surface area contributed by atoms with E-state index in [1.54, 1.807) is 6.92 Å². The molecule has 0 radical (unpaired) electrons. The minimum Gasteiger partial charge on any atom is -0.394 e. The van der Waals surface area contributed by atoms with E-state index in [9.17, 15) is 51.1 Å². The van der Waals surface area contributed by atoms with Crippen molar-refractivity contribution < 1.29 is 89.0 Å². The van der Waals surface area contributed by atoms with Gasteiger partial charge in [0.05, 0.1) is 43.7 Å². The summed E-state index contributed by atoms with van der Waals surface area (Å²) < 4.78 is 50.8. The predicted octanol–water partition coefficient (Wildman–Crippen LogP) is -0.0349. The van der Waals surface area contributed by atoms with Crippen LogP contribution in [0.25, 0.3) is 0 Å². The van der Waals surface area contributed by atoms with E-state index in [0.29, 0.717) is 37.4 Å². The van der Waals surface area contributed by atoms with E-state index >= 15 is 0 Å². The van der Waals surface area contributed by atoms with Crippen molar-refractivity contribution in [3.8, 4) is 0 Å². The number of hydrogen-bond acceptors (Lipinski definition) is 18. The predicted molar refractivity (Wildman–Crippen MR) is 225 cm³/mol. The fourth-order valence-electron chi connectivity index (χ4n) is 15.8. The first kappa shape index (κ1) is 49.0. The minimum atomic E-state index is -1.81. The van der Waals surface area contributed by atoms with Crippen molar-refractivity contribution in [2.24, 2.45) is 45.3 Å². The first-order valence-corrected chi connectivity index (χ1v) is 24.0. The average molecular weight is 929 g/mol. The molecule has 18 heteroatoms. The Labute approximate surface area is 381 Å². The van der Waals surface area contributed by atoms with Gasteiger partial charge < -0.3 is 89.0 Å². The molecular formula is C47H76O18. The zero-order valence-corrected chi connectivity index (χ0v) is 38.8. The quantitative estimate of drug-likeness (QED) is 0.107. The van der Waals surface area contributed by atoms with Crippen LogP contribution < -0.4 is 0 Å². The number of ether oxygens (including phenoxy) is 8. The smallest absolute Gasteiger partial charge is 0.187 e. The molecule has 9 fully saturated rings. The molecule has 0 aromatic carbocycles. The Kier molecular flexibility index (Phi) is 12.7. The first-order valence-electron chi connectivity index (χ1n) is 24.0. The van der Waals surface area contributed by atoms with Crippen LogP contribution in [0.2, 0.25) is 0 Å². The molecule has 18 nitrogen and oxygen atoms in total. The number of rotatable bonds is 9. The second-order valence-corrected chi connectivity index (χ2v) is 23.0. The van der Waals surface area contributed by atoms with Gasteiger partial charge in [-0.2, -0.15) is 0 Å². The molecule has 9 aliphatic rings. The van der Waals surface area contributed by atoms with E-state index in [4.69, 9.17) is 37.9 Å². The molecular weight excluding hydrogens is 852 g/mol. The highest BCUT2D eigenvalue weighted by Gasteiger charge is 2.81. The second kappa shape index (κ2) is 16.8. The van der Waals surface area contributed by atoms with Crippen molar-refractivity contribution in [2.75, 3.05) is 19.8 Å². The van der Waals surface area contributed by atoms with Crippen LogP contribution in [-0.2, 0) is 37.9 Å². The molecule has 65 heavy (non-hydrogen) atoms. The normalized spacial score (nSPS) is 57.7. The van der Waals surface area contributed by atoms with Gasteiger partial charge in [0, 0.05) is 24.2 Å². The van der Waals surface area contributed by atoms with Crippen LogP contribution in [0.1, 0.15) is 99.8 Å². The van der Waals surface area contributed by atoms with Crippen molar-refractivity contribution >= 4 is 0 Å². The van der Waals surface area contributed by atoms with Gasteiger partial charge in [-0.25, -0.2) is 0 Å². The monoisotopic (exact) mass is 929 g/mol. The van der Waals surface area contributed by atoms with Crippen LogP contribution in [-0.4, -0.2) is 187 Å². The third-order valence-corrected chi connectivity index (χ3v) is 19.0. The topological polar surface area (TPSA) is 276 Å². The van der Waals surface area contributed by atoms with E-state index in [2.05, 4.69) is 34.3 Å². The summed E-state index contributed by atoms with van der Waals surface area (Å²) in [5, 5.41) is 109. The van der Waals surface area contributed by atoms with Crippen LogP contribution in [0.3, 0.4) is 0 Å². The number of hydrogen-bond donors (Lipinski definition) is 10. The molecule has 10 N–H and O–H groups in total. The molecule has 5 heterocycles. The summed E-state index contributed by atoms with van der Waals surface area (Å²) in [5.74, 6) is -0.524. The summed E-state index contributed by atoms with van der Waals surface area (Å²) in [5.41, 5.74) is -1.46. The molecule has 0 amide bonds. The SMILES string of the molecule is C=C(C)C(O)C1CC(C)(O)C2C3CCC4C5(C)CCC(OC6OCC(O)C(OC7OC(CO)C(O)C(O)C7O)C6OC6OC(C)C(O)C(O)C6O)C(C)(C)C5CCC4(C)C34COC2(C4)O1. The molecule has 26 unspecified atom stereocenters. The highest BCUT2D eigenvalue weighted by atomic mass is 16.8. The Morgan fingerprint density at radius 2 is 1.43 bits per heavy atom. The minimum absolute atomic E-state index is 0.122. The third kappa shape index (κ3) is 7.32. The Hall–Kier alpha value is -0.980. The maximum atomic E-state index is 12.2. The van der Waals surface area contributed by atoms with Crippen molar-refractivity contribution in [3.05, 3.63) is 12.2 Å². The molecule has 26 atom stereocenters. The van der Waals surface area contributed by atoms with Gasteiger partial charge >= 0.3 is 0 Å². The van der Waals surface area contributed by atoms with E-state index in [1.807, 2.05) is 6.92 Å². The van der Waals surface area contributed by atoms with Crippen molar-refractivity contribution in [3.63, 3.8) is 0 Å². The molecule has 0 aromatic rings. The Balaban J connectivity index is 0.973. The van der Waals surface area contributed by atoms with Crippen molar-refractivity contribution in [1.82, 2.24) is 0 Å². The third-order valence-electron chi connectivity index (χ3n) is 19.0. The van der Waals surface area contributed by atoms with E-state index < -0.39 is 128 Å². The van der Waals surface area contributed by atoms with Crippen LogP contribution in [0.5, 0.6) is 0 Å². The molecule has 9 rings (SSSR count). The zero-order chi connectivity index (χ0) is 47.1. The summed E-state index contributed by atoms with van der Waals surface area (Å²) in [6.45, 7) is 18.0. The lowest BCUT2D eigenvalue weighted by Gasteiger charge is -2.70. The maximum absolute atomic E-state index is 12.2. The lowest BCUT2D eigenvalue weighted by Crippen LogP contribution is -2.68. The van der Waals surface area contributed by atoms with E-state index in [1.165, 1.54) is 6.92 Å². The van der Waals surface area contributed by atoms with Gasteiger partial charge in [-0.15, -0.1) is 0 Å². The van der Waals surface area contributed by atoms with Gasteiger partial charge in [0.15, 0.2) is 24.7 Å². The van der Waals surface area contributed by atoms with Crippen molar-refractivity contribution in [2.45, 2.75) is 216 Å². The maximum Gasteiger partial charge on any atom is 0.187 e. The number of aliphatic hydroxyl groups is 10. The van der Waals surface area contributed by atoms with Crippen molar-refractivity contribution in [1.29, 1.82) is 0 Å². The fraction of sp³-hybridized carbons (Fsp3) is 0.957. The van der Waals surface area contributed by atoms with Crippen LogP contribution in [0, 0.1) is 45.3 Å². The van der Waals surface area contributed by atoms with Gasteiger partial charge in [-0.1, -0.05) is 34.3 Å². The summed E-state index contributed by atoms with van der Waals surface area (Å²) in [7, 11) is 0. The second-order valence-electron chi connectivity index (χ2n) is 23.0. The molecule has 0 aromatic heterocycles. The van der Waals surface area contributed by atoms with Crippen LogP contribution >= 0.6 is 0 Å². The molecule has 4 aliphatic carbocycles.